The normalized spacial score (nSPS) is 13.0. The van der Waals surface area contributed by atoms with Crippen molar-refractivity contribution in [1.82, 2.24) is 0 Å². The standard InChI is InChI=1S/C3H5BrO3/c1-2(5)3(6)7-4/h2,5H,1H3. The SMILES string of the molecule is CC(O)C(=O)OBr. The molecular weight excluding hydrogens is 164 g/mol. The number of carbonyl (C=O) groups excluding carboxylic acids is 1. The number of hydrogen-bond donors (Lipinski definition) is 1. The van der Waals surface area contributed by atoms with Crippen LogP contribution < -0.4 is 0 Å². The highest BCUT2D eigenvalue weighted by molar-refractivity contribution is 9.06. The minimum absolute atomic E-state index is 0.681. The largest absolute Gasteiger partial charge is 0.382 e. The molecule has 0 fully saturated rings. The molecule has 0 saturated carbocycles. The Morgan fingerprint density at radius 2 is 2.43 bits per heavy atom. The van der Waals surface area contributed by atoms with Gasteiger partial charge in [-0.15, -0.1) is 0 Å². The van der Waals surface area contributed by atoms with E-state index in [0.29, 0.717) is 0 Å². The molecule has 0 aliphatic carbocycles. The predicted octanol–water partition coefficient (Wildman–Crippen LogP) is 0.220. The Hall–Kier alpha value is -0.0900. The van der Waals surface area contributed by atoms with Gasteiger partial charge >= 0.3 is 5.97 Å². The Kier molecular flexibility index (Phi) is 2.95. The Morgan fingerprint density at radius 3 is 2.43 bits per heavy atom. The van der Waals surface area contributed by atoms with Crippen molar-refractivity contribution in [3.63, 3.8) is 0 Å². The van der Waals surface area contributed by atoms with Crippen molar-refractivity contribution < 1.29 is 13.7 Å². The van der Waals surface area contributed by atoms with Gasteiger partial charge in [-0.25, -0.2) is 4.79 Å². The van der Waals surface area contributed by atoms with Crippen LogP contribution in [0.5, 0.6) is 0 Å². The third-order valence-electron chi connectivity index (χ3n) is 0.417. The van der Waals surface area contributed by atoms with Crippen molar-refractivity contribution in [3.05, 3.63) is 0 Å². The van der Waals surface area contributed by atoms with E-state index in [-0.39, 0.29) is 0 Å². The topological polar surface area (TPSA) is 46.5 Å². The third-order valence-corrected chi connectivity index (χ3v) is 0.736. The van der Waals surface area contributed by atoms with E-state index >= 15 is 0 Å². The predicted molar refractivity (Wildman–Crippen MR) is 26.7 cm³/mol. The molecular formula is C3H5BrO3. The van der Waals surface area contributed by atoms with Gasteiger partial charge in [-0.05, 0) is 6.92 Å². The van der Waals surface area contributed by atoms with Gasteiger partial charge in [0.15, 0.2) is 16.3 Å². The summed E-state index contributed by atoms with van der Waals surface area (Å²) in [6.07, 6.45) is -1.04. The summed E-state index contributed by atoms with van der Waals surface area (Å²) < 4.78 is 3.94. The average Bonchev–Trinajstić information content (AvgIpc) is 1.65. The van der Waals surface area contributed by atoms with E-state index in [4.69, 9.17) is 5.11 Å². The molecule has 1 N–H and O–H groups in total. The van der Waals surface area contributed by atoms with Crippen molar-refractivity contribution in [2.75, 3.05) is 0 Å². The molecule has 0 aromatic heterocycles. The minimum atomic E-state index is -1.04. The molecule has 3 nitrogen and oxygen atoms in total. The number of aliphatic hydroxyl groups is 1. The van der Waals surface area contributed by atoms with Crippen LogP contribution in [0.4, 0.5) is 0 Å². The highest BCUT2D eigenvalue weighted by Gasteiger charge is 2.06. The van der Waals surface area contributed by atoms with Crippen LogP contribution in [-0.2, 0) is 8.62 Å². The lowest BCUT2D eigenvalue weighted by atomic mass is 10.4. The molecule has 0 radical (unpaired) electrons. The van der Waals surface area contributed by atoms with Gasteiger partial charge in [-0.1, -0.05) is 0 Å². The zero-order chi connectivity index (χ0) is 5.86. The maximum absolute atomic E-state index is 9.99. The van der Waals surface area contributed by atoms with Crippen molar-refractivity contribution in [2.45, 2.75) is 13.0 Å². The van der Waals surface area contributed by atoms with Crippen molar-refractivity contribution in [1.29, 1.82) is 0 Å². The summed E-state index contributed by atoms with van der Waals surface area (Å²) >= 11 is 2.41. The van der Waals surface area contributed by atoms with E-state index in [1.807, 2.05) is 0 Å². The molecule has 0 saturated heterocycles. The van der Waals surface area contributed by atoms with Crippen LogP contribution >= 0.6 is 16.3 Å². The quantitative estimate of drug-likeness (QED) is 0.610. The number of rotatable bonds is 1. The maximum Gasteiger partial charge on any atom is 0.346 e. The fourth-order valence-corrected chi connectivity index (χ4v) is 0.335. The maximum atomic E-state index is 9.99. The summed E-state index contributed by atoms with van der Waals surface area (Å²) in [7, 11) is 0. The summed E-state index contributed by atoms with van der Waals surface area (Å²) in [5, 5.41) is 8.32. The van der Waals surface area contributed by atoms with E-state index in [9.17, 15) is 4.79 Å². The third kappa shape index (κ3) is 2.59. The van der Waals surface area contributed by atoms with Crippen LogP contribution in [0.25, 0.3) is 0 Å². The first-order valence-electron chi connectivity index (χ1n) is 1.69. The van der Waals surface area contributed by atoms with E-state index < -0.39 is 12.1 Å². The van der Waals surface area contributed by atoms with Gasteiger partial charge in [0.05, 0.1) is 0 Å². The molecule has 42 valence electrons. The first kappa shape index (κ1) is 6.91. The van der Waals surface area contributed by atoms with Gasteiger partial charge < -0.3 is 8.93 Å². The Balaban J connectivity index is 3.35. The Labute approximate surface area is 49.7 Å². The van der Waals surface area contributed by atoms with E-state index in [1.165, 1.54) is 6.92 Å². The molecule has 0 amide bonds. The van der Waals surface area contributed by atoms with E-state index in [0.717, 1.165) is 0 Å². The number of hydrogen-bond acceptors (Lipinski definition) is 3. The van der Waals surface area contributed by atoms with Crippen LogP contribution in [0.15, 0.2) is 0 Å². The van der Waals surface area contributed by atoms with Crippen LogP contribution in [0, 0.1) is 0 Å². The average molecular weight is 169 g/mol. The summed E-state index contributed by atoms with van der Waals surface area (Å²) in [5.41, 5.74) is 0. The van der Waals surface area contributed by atoms with Gasteiger partial charge in [0.25, 0.3) is 0 Å². The summed E-state index contributed by atoms with van der Waals surface area (Å²) in [6.45, 7) is 1.32. The van der Waals surface area contributed by atoms with Gasteiger partial charge in [-0.3, -0.25) is 0 Å². The molecule has 4 heteroatoms. The lowest BCUT2D eigenvalue weighted by molar-refractivity contribution is -0.140. The lowest BCUT2D eigenvalue weighted by Gasteiger charge is -1.94. The number of halogens is 1. The molecule has 0 spiro atoms. The second-order valence-corrected chi connectivity index (χ2v) is 1.40. The fraction of sp³-hybridized carbons (Fsp3) is 0.667. The fourth-order valence-electron chi connectivity index (χ4n) is 0.0645. The van der Waals surface area contributed by atoms with Crippen molar-refractivity contribution >= 4 is 22.2 Å². The van der Waals surface area contributed by atoms with Crippen LogP contribution in [0.2, 0.25) is 0 Å². The van der Waals surface area contributed by atoms with Crippen LogP contribution in [-0.4, -0.2) is 17.2 Å². The highest BCUT2D eigenvalue weighted by atomic mass is 79.9. The zero-order valence-corrected chi connectivity index (χ0v) is 5.31. The molecule has 0 aliphatic heterocycles. The smallest absolute Gasteiger partial charge is 0.346 e. The van der Waals surface area contributed by atoms with Crippen molar-refractivity contribution in [2.24, 2.45) is 0 Å². The monoisotopic (exact) mass is 168 g/mol. The molecule has 0 rings (SSSR count). The molecule has 1 atom stereocenters. The summed E-state index contributed by atoms with van der Waals surface area (Å²) in [6, 6.07) is 0. The second-order valence-electron chi connectivity index (χ2n) is 1.07. The van der Waals surface area contributed by atoms with E-state index in [2.05, 4.69) is 20.1 Å². The molecule has 0 aromatic rings. The van der Waals surface area contributed by atoms with Gasteiger partial charge in [0.1, 0.15) is 6.10 Å². The summed E-state index contributed by atoms with van der Waals surface area (Å²) in [4.78, 5) is 9.99. The number of aliphatic hydroxyl groups excluding tert-OH is 1. The lowest BCUT2D eigenvalue weighted by Crippen LogP contribution is -2.14. The number of carbonyl (C=O) groups is 1. The van der Waals surface area contributed by atoms with E-state index in [1.54, 1.807) is 0 Å². The molecule has 1 unspecified atom stereocenters. The minimum Gasteiger partial charge on any atom is -0.382 e. The molecule has 7 heavy (non-hydrogen) atoms. The van der Waals surface area contributed by atoms with Crippen LogP contribution in [0.1, 0.15) is 6.92 Å². The van der Waals surface area contributed by atoms with Crippen LogP contribution in [0.3, 0.4) is 0 Å². The van der Waals surface area contributed by atoms with Gasteiger partial charge in [0, 0.05) is 0 Å². The molecule has 0 bridgehead atoms. The highest BCUT2D eigenvalue weighted by Crippen LogP contribution is 1.90. The Bertz CT molecular complexity index is 70.6. The zero-order valence-electron chi connectivity index (χ0n) is 3.72. The van der Waals surface area contributed by atoms with Gasteiger partial charge in [-0.2, -0.15) is 0 Å². The Morgan fingerprint density at radius 1 is 2.00 bits per heavy atom. The molecule has 0 aliphatic rings. The first-order valence-corrected chi connectivity index (χ1v) is 2.33. The van der Waals surface area contributed by atoms with Gasteiger partial charge in [0.2, 0.25) is 0 Å². The summed E-state index contributed by atoms with van der Waals surface area (Å²) in [5.74, 6) is -0.681. The van der Waals surface area contributed by atoms with Crippen molar-refractivity contribution in [3.8, 4) is 0 Å². The molecule has 0 aromatic carbocycles. The second kappa shape index (κ2) is 2.98. The first-order chi connectivity index (χ1) is 3.18. The molecule has 0 heterocycles.